The molecule has 0 unspecified atom stereocenters. The third-order valence-electron chi connectivity index (χ3n) is 4.63. The van der Waals surface area contributed by atoms with Crippen molar-refractivity contribution >= 4 is 23.4 Å². The summed E-state index contributed by atoms with van der Waals surface area (Å²) in [5, 5.41) is 8.00. The average Bonchev–Trinajstić information content (AvgIpc) is 3.28. The lowest BCUT2D eigenvalue weighted by atomic mass is 10.2. The number of carbonyl (C=O) groups is 1. The van der Waals surface area contributed by atoms with Crippen LogP contribution in [0.4, 0.5) is 5.82 Å². The van der Waals surface area contributed by atoms with E-state index in [4.69, 9.17) is 24.4 Å². The molecule has 2 N–H and O–H groups in total. The fourth-order valence-electron chi connectivity index (χ4n) is 2.91. The summed E-state index contributed by atoms with van der Waals surface area (Å²) in [6, 6.07) is 3.28. The van der Waals surface area contributed by atoms with E-state index in [1.54, 1.807) is 12.1 Å². The molecule has 3 aromatic rings. The normalized spacial score (nSPS) is 10.8. The van der Waals surface area contributed by atoms with E-state index in [0.717, 1.165) is 20.9 Å². The fourth-order valence-corrected chi connectivity index (χ4v) is 3.55. The predicted octanol–water partition coefficient (Wildman–Crippen LogP) is 0.717. The number of rotatable bonds is 8. The van der Waals surface area contributed by atoms with Crippen LogP contribution in [-0.2, 0) is 14.1 Å². The first-order valence-electron chi connectivity index (χ1n) is 9.08. The Kier molecular flexibility index (Phi) is 6.58. The van der Waals surface area contributed by atoms with Gasteiger partial charge in [-0.25, -0.2) is 4.79 Å². The van der Waals surface area contributed by atoms with E-state index in [2.05, 4.69) is 10.2 Å². The molecule has 0 saturated heterocycles. The number of carbonyl (C=O) groups excluding carboxylic acids is 1. The molecule has 2 aromatic heterocycles. The number of nitrogen functional groups attached to an aromatic ring is 1. The van der Waals surface area contributed by atoms with Crippen LogP contribution >= 0.6 is 11.8 Å². The number of hydrogen-bond donors (Lipinski definition) is 1. The number of anilines is 1. The minimum Gasteiger partial charge on any atom is -0.493 e. The highest BCUT2D eigenvalue weighted by molar-refractivity contribution is 7.99. The highest BCUT2D eigenvalue weighted by Crippen LogP contribution is 2.41. The Bertz CT molecular complexity index is 1270. The molecule has 3 rings (SSSR count). The second-order valence-corrected chi connectivity index (χ2v) is 7.39. The van der Waals surface area contributed by atoms with Gasteiger partial charge in [-0.3, -0.25) is 18.7 Å². The number of ketones is 1. The number of benzene rings is 1. The van der Waals surface area contributed by atoms with Crippen molar-refractivity contribution < 1.29 is 23.4 Å². The first-order chi connectivity index (χ1) is 15.2. The molecule has 2 heterocycles. The molecule has 13 heteroatoms. The van der Waals surface area contributed by atoms with Gasteiger partial charge in [-0.2, -0.15) is 0 Å². The second-order valence-electron chi connectivity index (χ2n) is 6.46. The van der Waals surface area contributed by atoms with Gasteiger partial charge in [0.05, 0.1) is 27.1 Å². The quantitative estimate of drug-likeness (QED) is 0.371. The summed E-state index contributed by atoms with van der Waals surface area (Å²) >= 11 is 0.932. The zero-order chi connectivity index (χ0) is 23.6. The van der Waals surface area contributed by atoms with Crippen molar-refractivity contribution in [1.82, 2.24) is 19.3 Å². The molecule has 12 nitrogen and oxygen atoms in total. The molecule has 0 radical (unpaired) electrons. The van der Waals surface area contributed by atoms with Gasteiger partial charge in [0.15, 0.2) is 17.3 Å². The number of methoxy groups -OCH3 is 3. The van der Waals surface area contributed by atoms with Gasteiger partial charge in [-0.15, -0.1) is 10.2 Å². The van der Waals surface area contributed by atoms with Crippen LogP contribution in [0.15, 0.2) is 31.4 Å². The maximum atomic E-state index is 12.6. The molecule has 0 saturated carbocycles. The molecule has 0 aliphatic carbocycles. The van der Waals surface area contributed by atoms with Gasteiger partial charge in [0.25, 0.3) is 10.8 Å². The summed E-state index contributed by atoms with van der Waals surface area (Å²) in [4.78, 5) is 36.9. The van der Waals surface area contributed by atoms with E-state index in [1.165, 1.54) is 35.4 Å². The van der Waals surface area contributed by atoms with Gasteiger partial charge < -0.3 is 24.4 Å². The maximum absolute atomic E-state index is 12.6. The Morgan fingerprint density at radius 2 is 1.69 bits per heavy atom. The number of Topliss-reactive ketones (excluding diaryl/α,β-unsaturated/α-hetero) is 1. The van der Waals surface area contributed by atoms with E-state index in [-0.39, 0.29) is 28.2 Å². The van der Waals surface area contributed by atoms with Gasteiger partial charge >= 0.3 is 5.69 Å². The molecule has 0 fully saturated rings. The number of aromatic nitrogens is 4. The summed E-state index contributed by atoms with van der Waals surface area (Å²) in [6.45, 7) is 0. The van der Waals surface area contributed by atoms with Crippen LogP contribution < -0.4 is 31.2 Å². The van der Waals surface area contributed by atoms with Gasteiger partial charge in [0.1, 0.15) is 11.4 Å². The van der Waals surface area contributed by atoms with Gasteiger partial charge in [0.2, 0.25) is 11.6 Å². The second kappa shape index (κ2) is 9.18. The van der Waals surface area contributed by atoms with Gasteiger partial charge in [-0.05, 0) is 12.1 Å². The van der Waals surface area contributed by atoms with E-state index < -0.39 is 17.0 Å². The van der Waals surface area contributed by atoms with Crippen molar-refractivity contribution in [2.75, 3.05) is 32.8 Å². The molecule has 170 valence electrons. The van der Waals surface area contributed by atoms with Crippen LogP contribution in [0.25, 0.3) is 11.5 Å². The highest BCUT2D eigenvalue weighted by atomic mass is 32.2. The van der Waals surface area contributed by atoms with Crippen molar-refractivity contribution in [3.05, 3.63) is 38.5 Å². The van der Waals surface area contributed by atoms with Crippen LogP contribution in [0.1, 0.15) is 10.4 Å². The van der Waals surface area contributed by atoms with Crippen LogP contribution in [-0.4, -0.2) is 52.2 Å². The summed E-state index contributed by atoms with van der Waals surface area (Å²) in [6.07, 6.45) is 0. The number of hydrogen-bond acceptors (Lipinski definition) is 11. The van der Waals surface area contributed by atoms with Crippen molar-refractivity contribution in [3.63, 3.8) is 0 Å². The van der Waals surface area contributed by atoms with Crippen molar-refractivity contribution in [2.24, 2.45) is 14.1 Å². The Hall–Kier alpha value is -3.74. The molecule has 32 heavy (non-hydrogen) atoms. The van der Waals surface area contributed by atoms with E-state index in [9.17, 15) is 14.4 Å². The monoisotopic (exact) mass is 463 g/mol. The largest absolute Gasteiger partial charge is 0.493 e. The molecule has 0 atom stereocenters. The first kappa shape index (κ1) is 22.9. The topological polar surface area (TPSA) is 154 Å². The number of nitrogens with two attached hydrogens (primary N) is 1. The third-order valence-corrected chi connectivity index (χ3v) is 5.45. The number of ether oxygens (including phenoxy) is 3. The molecule has 0 bridgehead atoms. The Labute approximate surface area is 185 Å². The van der Waals surface area contributed by atoms with Gasteiger partial charge in [0, 0.05) is 19.7 Å². The fraction of sp³-hybridized carbons (Fsp3) is 0.316. The Morgan fingerprint density at radius 3 is 2.25 bits per heavy atom. The van der Waals surface area contributed by atoms with E-state index in [1.807, 2.05) is 0 Å². The highest BCUT2D eigenvalue weighted by Gasteiger charge is 2.22. The Morgan fingerprint density at radius 1 is 1.06 bits per heavy atom. The summed E-state index contributed by atoms with van der Waals surface area (Å²) in [5.41, 5.74) is 4.67. The SMILES string of the molecule is COc1cc(-c2nnc(SCC(=O)c3c(N)n(C)c(=O)n(C)c3=O)o2)cc(OC)c1OC. The van der Waals surface area contributed by atoms with Gasteiger partial charge in [-0.1, -0.05) is 11.8 Å². The standard InChI is InChI=1S/C19H21N5O7S/c1-23-15(20)13(17(26)24(2)19(23)27)10(25)8-32-18-22-21-16(31-18)9-6-11(28-3)14(30-5)12(7-9)29-4/h6-7H,8,20H2,1-5H3. The summed E-state index contributed by atoms with van der Waals surface area (Å²) in [5.74, 6) is 0.417. The number of nitrogens with zero attached hydrogens (tertiary/aromatic N) is 4. The van der Waals surface area contributed by atoms with Crippen LogP contribution in [0, 0.1) is 0 Å². The molecule has 0 aliphatic heterocycles. The lowest BCUT2D eigenvalue weighted by Crippen LogP contribution is -2.41. The third kappa shape index (κ3) is 4.06. The molecule has 0 aliphatic rings. The zero-order valence-corrected chi connectivity index (χ0v) is 18.8. The molecule has 1 aromatic carbocycles. The van der Waals surface area contributed by atoms with Crippen molar-refractivity contribution in [2.45, 2.75) is 5.22 Å². The van der Waals surface area contributed by atoms with Crippen molar-refractivity contribution in [3.8, 4) is 28.7 Å². The Balaban J connectivity index is 1.84. The van der Waals surface area contributed by atoms with E-state index >= 15 is 0 Å². The zero-order valence-electron chi connectivity index (χ0n) is 18.0. The molecule has 0 amide bonds. The molecular formula is C19H21N5O7S. The molecular weight excluding hydrogens is 442 g/mol. The maximum Gasteiger partial charge on any atom is 0.332 e. The van der Waals surface area contributed by atoms with E-state index in [0.29, 0.717) is 22.8 Å². The summed E-state index contributed by atoms with van der Waals surface area (Å²) in [7, 11) is 7.11. The van der Waals surface area contributed by atoms with Crippen LogP contribution in [0.3, 0.4) is 0 Å². The predicted molar refractivity (Wildman–Crippen MR) is 116 cm³/mol. The van der Waals surface area contributed by atoms with Crippen molar-refractivity contribution in [1.29, 1.82) is 0 Å². The number of thioether (sulfide) groups is 1. The minimum absolute atomic E-state index is 0.0994. The van der Waals surface area contributed by atoms with Crippen LogP contribution in [0.5, 0.6) is 17.2 Å². The lowest BCUT2D eigenvalue weighted by molar-refractivity contribution is 0.102. The first-order valence-corrected chi connectivity index (χ1v) is 10.1. The minimum atomic E-state index is -0.764. The average molecular weight is 463 g/mol. The van der Waals surface area contributed by atoms with Crippen LogP contribution in [0.2, 0.25) is 0 Å². The lowest BCUT2D eigenvalue weighted by Gasteiger charge is -2.12. The smallest absolute Gasteiger partial charge is 0.332 e. The molecule has 0 spiro atoms. The summed E-state index contributed by atoms with van der Waals surface area (Å²) < 4.78 is 23.4.